The Hall–Kier alpha value is -1.06. The van der Waals surface area contributed by atoms with Gasteiger partial charge in [0, 0.05) is 39.5 Å². The average molecular weight is 248 g/mol. The van der Waals surface area contributed by atoms with Crippen molar-refractivity contribution in [3.8, 4) is 0 Å². The van der Waals surface area contributed by atoms with E-state index in [0.717, 1.165) is 32.2 Å². The maximum atomic E-state index is 5.37. The molecular formula is C15H24N2O. The van der Waals surface area contributed by atoms with E-state index in [1.54, 1.807) is 0 Å². The molecule has 3 nitrogen and oxygen atoms in total. The van der Waals surface area contributed by atoms with Gasteiger partial charge in [0.1, 0.15) is 0 Å². The van der Waals surface area contributed by atoms with E-state index in [2.05, 4.69) is 48.6 Å². The summed E-state index contributed by atoms with van der Waals surface area (Å²) in [4.78, 5) is 2.12. The van der Waals surface area contributed by atoms with Crippen molar-refractivity contribution in [3.63, 3.8) is 0 Å². The van der Waals surface area contributed by atoms with Gasteiger partial charge in [-0.2, -0.15) is 0 Å². The number of rotatable bonds is 5. The molecule has 2 rings (SSSR count). The molecule has 0 aliphatic carbocycles. The van der Waals surface area contributed by atoms with Gasteiger partial charge in [0.25, 0.3) is 0 Å². The van der Waals surface area contributed by atoms with Crippen LogP contribution in [-0.2, 0) is 11.3 Å². The molecule has 1 aromatic rings. The van der Waals surface area contributed by atoms with Crippen LogP contribution < -0.4 is 10.2 Å². The third-order valence-corrected chi connectivity index (χ3v) is 3.56. The molecule has 18 heavy (non-hydrogen) atoms. The molecule has 0 aromatic heterocycles. The van der Waals surface area contributed by atoms with E-state index in [1.165, 1.54) is 24.1 Å². The molecule has 0 spiro atoms. The normalized spacial score (nSPS) is 16.8. The Kier molecular flexibility index (Phi) is 5.02. The highest BCUT2D eigenvalue weighted by Gasteiger charge is 2.12. The predicted octanol–water partition coefficient (Wildman–Crippen LogP) is 2.27. The second-order valence-electron chi connectivity index (χ2n) is 5.25. The largest absolute Gasteiger partial charge is 0.381 e. The van der Waals surface area contributed by atoms with Crippen LogP contribution in [0.1, 0.15) is 18.4 Å². The first kappa shape index (κ1) is 13.4. The zero-order valence-corrected chi connectivity index (χ0v) is 11.5. The minimum absolute atomic E-state index is 0.791. The van der Waals surface area contributed by atoms with Gasteiger partial charge in [-0.05, 0) is 43.0 Å². The Bertz CT molecular complexity index is 342. The van der Waals surface area contributed by atoms with Gasteiger partial charge >= 0.3 is 0 Å². The third kappa shape index (κ3) is 4.00. The van der Waals surface area contributed by atoms with Crippen LogP contribution in [-0.4, -0.2) is 33.9 Å². The summed E-state index contributed by atoms with van der Waals surface area (Å²) in [6.45, 7) is 3.94. The lowest BCUT2D eigenvalue weighted by Gasteiger charge is -2.22. The quantitative estimate of drug-likeness (QED) is 0.865. The number of benzene rings is 1. The first-order chi connectivity index (χ1) is 8.75. The van der Waals surface area contributed by atoms with Crippen LogP contribution in [0.15, 0.2) is 24.3 Å². The molecule has 1 heterocycles. The summed E-state index contributed by atoms with van der Waals surface area (Å²) >= 11 is 0. The van der Waals surface area contributed by atoms with Gasteiger partial charge in [-0.3, -0.25) is 0 Å². The molecule has 0 saturated carbocycles. The lowest BCUT2D eigenvalue weighted by Crippen LogP contribution is -2.27. The van der Waals surface area contributed by atoms with Gasteiger partial charge in [0.05, 0.1) is 0 Å². The summed E-state index contributed by atoms with van der Waals surface area (Å²) in [5, 5.41) is 3.55. The van der Waals surface area contributed by atoms with E-state index < -0.39 is 0 Å². The molecule has 0 radical (unpaired) electrons. The van der Waals surface area contributed by atoms with Crippen molar-refractivity contribution in [2.24, 2.45) is 5.92 Å². The Balaban J connectivity index is 1.72. The average Bonchev–Trinajstić information content (AvgIpc) is 2.40. The lowest BCUT2D eigenvalue weighted by atomic mass is 10.0. The maximum Gasteiger partial charge on any atom is 0.0469 e. The Morgan fingerprint density at radius 1 is 1.17 bits per heavy atom. The number of anilines is 1. The third-order valence-electron chi connectivity index (χ3n) is 3.56. The molecule has 1 aliphatic heterocycles. The van der Waals surface area contributed by atoms with E-state index >= 15 is 0 Å². The standard InChI is InChI=1S/C15H24N2O/c1-17(2)15-5-3-13(4-6-15)11-16-12-14-7-9-18-10-8-14/h3-6,14,16H,7-12H2,1-2H3. The van der Waals surface area contributed by atoms with Crippen LogP contribution in [0.2, 0.25) is 0 Å². The van der Waals surface area contributed by atoms with E-state index in [9.17, 15) is 0 Å². The molecule has 1 saturated heterocycles. The molecule has 3 heteroatoms. The van der Waals surface area contributed by atoms with Crippen LogP contribution in [0.4, 0.5) is 5.69 Å². The molecule has 1 N–H and O–H groups in total. The second-order valence-corrected chi connectivity index (χ2v) is 5.25. The number of hydrogen-bond donors (Lipinski definition) is 1. The van der Waals surface area contributed by atoms with Crippen molar-refractivity contribution in [2.75, 3.05) is 38.8 Å². The van der Waals surface area contributed by atoms with Crippen LogP contribution in [0.3, 0.4) is 0 Å². The molecule has 1 aromatic carbocycles. The number of hydrogen-bond acceptors (Lipinski definition) is 3. The van der Waals surface area contributed by atoms with Gasteiger partial charge in [-0.15, -0.1) is 0 Å². The number of nitrogens with one attached hydrogen (secondary N) is 1. The fourth-order valence-electron chi connectivity index (χ4n) is 2.28. The molecule has 0 unspecified atom stereocenters. The highest BCUT2D eigenvalue weighted by atomic mass is 16.5. The monoisotopic (exact) mass is 248 g/mol. The minimum Gasteiger partial charge on any atom is -0.381 e. The predicted molar refractivity (Wildman–Crippen MR) is 76.0 cm³/mol. The van der Waals surface area contributed by atoms with E-state index in [4.69, 9.17) is 4.74 Å². The number of ether oxygens (including phenoxy) is 1. The van der Waals surface area contributed by atoms with Crippen molar-refractivity contribution in [3.05, 3.63) is 29.8 Å². The fourth-order valence-corrected chi connectivity index (χ4v) is 2.28. The van der Waals surface area contributed by atoms with Crippen LogP contribution in [0, 0.1) is 5.92 Å². The molecular weight excluding hydrogens is 224 g/mol. The van der Waals surface area contributed by atoms with Gasteiger partial charge in [-0.25, -0.2) is 0 Å². The Morgan fingerprint density at radius 2 is 1.83 bits per heavy atom. The van der Waals surface area contributed by atoms with Gasteiger partial charge in [0.2, 0.25) is 0 Å². The van der Waals surface area contributed by atoms with Crippen LogP contribution in [0.25, 0.3) is 0 Å². The zero-order chi connectivity index (χ0) is 12.8. The first-order valence-corrected chi connectivity index (χ1v) is 6.80. The summed E-state index contributed by atoms with van der Waals surface area (Å²) < 4.78 is 5.37. The van der Waals surface area contributed by atoms with Crippen molar-refractivity contribution in [1.82, 2.24) is 5.32 Å². The topological polar surface area (TPSA) is 24.5 Å². The molecule has 0 amide bonds. The van der Waals surface area contributed by atoms with Crippen molar-refractivity contribution < 1.29 is 4.74 Å². The van der Waals surface area contributed by atoms with Crippen LogP contribution >= 0.6 is 0 Å². The molecule has 0 bridgehead atoms. The SMILES string of the molecule is CN(C)c1ccc(CNCC2CCOCC2)cc1. The molecule has 100 valence electrons. The summed E-state index contributed by atoms with van der Waals surface area (Å²) in [5.74, 6) is 0.791. The highest BCUT2D eigenvalue weighted by molar-refractivity contribution is 5.45. The maximum absolute atomic E-state index is 5.37. The van der Waals surface area contributed by atoms with Gasteiger partial charge in [0.15, 0.2) is 0 Å². The van der Waals surface area contributed by atoms with Crippen molar-refractivity contribution in [1.29, 1.82) is 0 Å². The lowest BCUT2D eigenvalue weighted by molar-refractivity contribution is 0.0662. The summed E-state index contributed by atoms with van der Waals surface area (Å²) in [7, 11) is 4.14. The molecule has 1 fully saturated rings. The summed E-state index contributed by atoms with van der Waals surface area (Å²) in [6.07, 6.45) is 2.40. The second kappa shape index (κ2) is 6.76. The van der Waals surface area contributed by atoms with Crippen molar-refractivity contribution >= 4 is 5.69 Å². The molecule has 1 aliphatic rings. The fraction of sp³-hybridized carbons (Fsp3) is 0.600. The van der Waals surface area contributed by atoms with E-state index in [1.807, 2.05) is 0 Å². The van der Waals surface area contributed by atoms with E-state index in [0.29, 0.717) is 0 Å². The Labute approximate surface area is 110 Å². The highest BCUT2D eigenvalue weighted by Crippen LogP contribution is 2.14. The summed E-state index contributed by atoms with van der Waals surface area (Å²) in [6, 6.07) is 8.75. The van der Waals surface area contributed by atoms with Crippen molar-refractivity contribution in [2.45, 2.75) is 19.4 Å². The van der Waals surface area contributed by atoms with E-state index in [-0.39, 0.29) is 0 Å². The Morgan fingerprint density at radius 3 is 2.44 bits per heavy atom. The number of nitrogens with zero attached hydrogens (tertiary/aromatic N) is 1. The van der Waals surface area contributed by atoms with Gasteiger partial charge < -0.3 is 15.0 Å². The van der Waals surface area contributed by atoms with Crippen LogP contribution in [0.5, 0.6) is 0 Å². The smallest absolute Gasteiger partial charge is 0.0469 e. The summed E-state index contributed by atoms with van der Waals surface area (Å²) in [5.41, 5.74) is 2.61. The zero-order valence-electron chi connectivity index (χ0n) is 11.5. The first-order valence-electron chi connectivity index (χ1n) is 6.80. The van der Waals surface area contributed by atoms with Gasteiger partial charge in [-0.1, -0.05) is 12.1 Å². The minimum atomic E-state index is 0.791. The molecule has 0 atom stereocenters.